The molecule has 158 valence electrons. The zero-order valence-electron chi connectivity index (χ0n) is 14.7. The number of nitrogens with one attached hydrogen (secondary N) is 1. The van der Waals surface area contributed by atoms with Crippen LogP contribution in [0.3, 0.4) is 0 Å². The van der Waals surface area contributed by atoms with E-state index in [-0.39, 0.29) is 10.9 Å². The van der Waals surface area contributed by atoms with Crippen molar-refractivity contribution in [3.8, 4) is 5.75 Å². The number of aromatic amines is 1. The standard InChI is InChI=1S/C19H11ClF6N2O2/c20-13(15-27-14-4-2-1-3-12(14)16(29)28-15)9-10-5-7-11(8-6-10)30-19(25,26)17(21)18(22,23)24/h1-9,17H,(H,27,28,29). The number of benzene rings is 2. The molecular weight excluding hydrogens is 438 g/mol. The topological polar surface area (TPSA) is 55.0 Å². The predicted molar refractivity (Wildman–Crippen MR) is 99.1 cm³/mol. The minimum absolute atomic E-state index is 0.0118. The van der Waals surface area contributed by atoms with Crippen LogP contribution in [-0.4, -0.2) is 28.4 Å². The van der Waals surface area contributed by atoms with Crippen LogP contribution >= 0.6 is 11.6 Å². The fourth-order valence-corrected chi connectivity index (χ4v) is 2.66. The first kappa shape index (κ1) is 21.7. The van der Waals surface area contributed by atoms with Gasteiger partial charge in [-0.15, -0.1) is 0 Å². The van der Waals surface area contributed by atoms with Gasteiger partial charge in [0.25, 0.3) is 11.7 Å². The second-order valence-electron chi connectivity index (χ2n) is 6.06. The molecule has 1 N–H and O–H groups in total. The Bertz CT molecular complexity index is 1140. The zero-order chi connectivity index (χ0) is 22.1. The molecule has 2 aromatic carbocycles. The third-order valence-corrected chi connectivity index (χ3v) is 4.14. The van der Waals surface area contributed by atoms with E-state index >= 15 is 0 Å². The Morgan fingerprint density at radius 2 is 1.70 bits per heavy atom. The number of rotatable bonds is 5. The van der Waals surface area contributed by atoms with Gasteiger partial charge >= 0.3 is 12.3 Å². The summed E-state index contributed by atoms with van der Waals surface area (Å²) in [5, 5.41) is 0.371. The van der Waals surface area contributed by atoms with Crippen LogP contribution < -0.4 is 10.3 Å². The summed E-state index contributed by atoms with van der Waals surface area (Å²) in [6.45, 7) is 0. The van der Waals surface area contributed by atoms with Gasteiger partial charge in [-0.2, -0.15) is 22.0 Å². The Kier molecular flexibility index (Phi) is 5.80. The van der Waals surface area contributed by atoms with E-state index < -0.39 is 29.8 Å². The van der Waals surface area contributed by atoms with E-state index in [1.54, 1.807) is 24.3 Å². The number of hydrogen-bond donors (Lipinski definition) is 1. The van der Waals surface area contributed by atoms with Gasteiger partial charge in [0.2, 0.25) is 0 Å². The van der Waals surface area contributed by atoms with Crippen LogP contribution in [0.2, 0.25) is 0 Å². The molecule has 0 aliphatic carbocycles. The van der Waals surface area contributed by atoms with Crippen molar-refractivity contribution in [1.29, 1.82) is 0 Å². The van der Waals surface area contributed by atoms with E-state index in [1.807, 2.05) is 0 Å². The van der Waals surface area contributed by atoms with Gasteiger partial charge in [-0.05, 0) is 35.9 Å². The molecule has 11 heteroatoms. The Hall–Kier alpha value is -3.01. The third-order valence-electron chi connectivity index (χ3n) is 3.85. The molecule has 3 aromatic rings. The Morgan fingerprint density at radius 3 is 2.33 bits per heavy atom. The summed E-state index contributed by atoms with van der Waals surface area (Å²) in [6.07, 6.45) is -14.0. The highest BCUT2D eigenvalue weighted by Crippen LogP contribution is 2.36. The number of H-pyrrole nitrogens is 1. The molecule has 1 heterocycles. The maximum atomic E-state index is 13.3. The van der Waals surface area contributed by atoms with Gasteiger partial charge in [-0.25, -0.2) is 9.37 Å². The molecule has 0 aliphatic heterocycles. The number of hydrogen-bond acceptors (Lipinski definition) is 3. The minimum atomic E-state index is -5.77. The lowest BCUT2D eigenvalue weighted by Crippen LogP contribution is -2.45. The smallest absolute Gasteiger partial charge is 0.430 e. The molecule has 0 fully saturated rings. The summed E-state index contributed by atoms with van der Waals surface area (Å²) < 4.78 is 79.8. The molecule has 4 nitrogen and oxygen atoms in total. The lowest BCUT2D eigenvalue weighted by Gasteiger charge is -2.23. The minimum Gasteiger partial charge on any atom is -0.430 e. The number of alkyl halides is 6. The van der Waals surface area contributed by atoms with Gasteiger partial charge in [-0.1, -0.05) is 35.9 Å². The van der Waals surface area contributed by atoms with Crippen LogP contribution in [0.25, 0.3) is 22.0 Å². The molecule has 3 rings (SSSR count). The van der Waals surface area contributed by atoms with E-state index in [9.17, 15) is 31.1 Å². The first-order valence-electron chi connectivity index (χ1n) is 8.22. The van der Waals surface area contributed by atoms with Crippen molar-refractivity contribution in [2.45, 2.75) is 18.5 Å². The summed E-state index contributed by atoms with van der Waals surface area (Å²) in [4.78, 5) is 18.8. The highest BCUT2D eigenvalue weighted by atomic mass is 35.5. The molecule has 0 radical (unpaired) electrons. The second kappa shape index (κ2) is 8.02. The fraction of sp³-hybridized carbons (Fsp3) is 0.158. The average Bonchev–Trinajstić information content (AvgIpc) is 2.68. The van der Waals surface area contributed by atoms with E-state index in [2.05, 4.69) is 14.7 Å². The zero-order valence-corrected chi connectivity index (χ0v) is 15.4. The summed E-state index contributed by atoms with van der Waals surface area (Å²) in [5.74, 6) is -0.630. The third kappa shape index (κ3) is 4.76. The first-order chi connectivity index (χ1) is 14.0. The highest BCUT2D eigenvalue weighted by Gasteiger charge is 2.59. The van der Waals surface area contributed by atoms with Crippen LogP contribution in [0.5, 0.6) is 5.75 Å². The normalized spacial score (nSPS) is 14.0. The lowest BCUT2D eigenvalue weighted by molar-refractivity contribution is -0.304. The van der Waals surface area contributed by atoms with E-state index in [0.29, 0.717) is 16.5 Å². The van der Waals surface area contributed by atoms with Crippen LogP contribution in [0.4, 0.5) is 26.3 Å². The SMILES string of the molecule is O=c1[nH]c(C(Cl)=Cc2ccc(OC(F)(F)C(F)C(F)(F)F)cc2)nc2ccccc12. The van der Waals surface area contributed by atoms with Gasteiger partial charge < -0.3 is 9.72 Å². The number of fused-ring (bicyclic) bond motifs is 1. The summed E-state index contributed by atoms with van der Waals surface area (Å²) in [6, 6.07) is 10.8. The number of ether oxygens (including phenoxy) is 1. The van der Waals surface area contributed by atoms with E-state index in [1.165, 1.54) is 18.2 Å². The van der Waals surface area contributed by atoms with Crippen LogP contribution in [0.1, 0.15) is 11.4 Å². The summed E-state index contributed by atoms with van der Waals surface area (Å²) >= 11 is 6.15. The monoisotopic (exact) mass is 448 g/mol. The number of halogens is 7. The number of aromatic nitrogens is 2. The van der Waals surface area contributed by atoms with Crippen molar-refractivity contribution >= 4 is 33.6 Å². The van der Waals surface area contributed by atoms with E-state index in [4.69, 9.17) is 11.6 Å². The second-order valence-corrected chi connectivity index (χ2v) is 6.47. The van der Waals surface area contributed by atoms with Crippen molar-refractivity contribution in [3.05, 3.63) is 70.3 Å². The summed E-state index contributed by atoms with van der Waals surface area (Å²) in [5.41, 5.74) is 0.317. The van der Waals surface area contributed by atoms with Crippen molar-refractivity contribution in [3.63, 3.8) is 0 Å². The lowest BCUT2D eigenvalue weighted by atomic mass is 10.2. The molecule has 0 aliphatic rings. The molecule has 0 spiro atoms. The van der Waals surface area contributed by atoms with Crippen LogP contribution in [0.15, 0.2) is 53.3 Å². The maximum Gasteiger partial charge on any atom is 0.439 e. The number of para-hydroxylation sites is 1. The van der Waals surface area contributed by atoms with E-state index in [0.717, 1.165) is 12.1 Å². The van der Waals surface area contributed by atoms with Crippen molar-refractivity contribution in [2.75, 3.05) is 0 Å². The molecule has 1 atom stereocenters. The van der Waals surface area contributed by atoms with Gasteiger partial charge in [0.1, 0.15) is 5.75 Å². The van der Waals surface area contributed by atoms with Crippen molar-refractivity contribution in [1.82, 2.24) is 9.97 Å². The predicted octanol–water partition coefficient (Wildman–Crippen LogP) is 5.53. The highest BCUT2D eigenvalue weighted by molar-refractivity contribution is 6.50. The molecule has 0 bridgehead atoms. The van der Waals surface area contributed by atoms with Crippen LogP contribution in [0, 0.1) is 0 Å². The summed E-state index contributed by atoms with van der Waals surface area (Å²) in [7, 11) is 0. The van der Waals surface area contributed by atoms with Gasteiger partial charge in [-0.3, -0.25) is 4.79 Å². The molecule has 30 heavy (non-hydrogen) atoms. The average molecular weight is 449 g/mol. The van der Waals surface area contributed by atoms with Crippen LogP contribution in [-0.2, 0) is 0 Å². The Labute approximate surface area is 169 Å². The van der Waals surface area contributed by atoms with Crippen molar-refractivity contribution < 1.29 is 31.1 Å². The van der Waals surface area contributed by atoms with Gasteiger partial charge in [0.15, 0.2) is 5.82 Å². The molecule has 1 aromatic heterocycles. The number of nitrogens with zero attached hydrogens (tertiary/aromatic N) is 1. The maximum absolute atomic E-state index is 13.3. The molecule has 0 amide bonds. The largest absolute Gasteiger partial charge is 0.439 e. The fourth-order valence-electron chi connectivity index (χ4n) is 2.45. The van der Waals surface area contributed by atoms with Gasteiger partial charge in [0.05, 0.1) is 15.9 Å². The van der Waals surface area contributed by atoms with Crippen molar-refractivity contribution in [2.24, 2.45) is 0 Å². The van der Waals surface area contributed by atoms with Gasteiger partial charge in [0, 0.05) is 0 Å². The molecular formula is C19H11ClF6N2O2. The first-order valence-corrected chi connectivity index (χ1v) is 8.59. The molecule has 0 saturated heterocycles. The molecule has 1 unspecified atom stereocenters. The quantitative estimate of drug-likeness (QED) is 0.522. The Morgan fingerprint density at radius 1 is 1.07 bits per heavy atom. The Balaban J connectivity index is 1.81. The molecule has 0 saturated carbocycles.